The number of carbonyl (C=O) groups excluding carboxylic acids is 1. The summed E-state index contributed by atoms with van der Waals surface area (Å²) in [5, 5.41) is 2.75. The van der Waals surface area contributed by atoms with Gasteiger partial charge < -0.3 is 11.1 Å². The highest BCUT2D eigenvalue weighted by Gasteiger charge is 2.28. The Kier molecular flexibility index (Phi) is 5.48. The summed E-state index contributed by atoms with van der Waals surface area (Å²) < 4.78 is 25.1. The number of nitrogens with one attached hydrogen (secondary N) is 1. The maximum Gasteiger partial charge on any atom is 0.220 e. The minimum atomic E-state index is -3.36. The summed E-state index contributed by atoms with van der Waals surface area (Å²) in [7, 11) is -3.36. The second-order valence-electron chi connectivity index (χ2n) is 4.50. The van der Waals surface area contributed by atoms with E-state index in [1.165, 1.54) is 11.2 Å². The minimum Gasteiger partial charge on any atom is -0.392 e. The van der Waals surface area contributed by atoms with E-state index in [-0.39, 0.29) is 16.6 Å². The molecule has 1 aliphatic rings. The van der Waals surface area contributed by atoms with Gasteiger partial charge in [-0.05, 0) is 18.8 Å². The number of nitrogens with zero attached hydrogens (tertiary/aromatic N) is 1. The van der Waals surface area contributed by atoms with Gasteiger partial charge in [0.25, 0.3) is 0 Å². The number of nitrogens with two attached hydrogens (primary N) is 1. The predicted molar refractivity (Wildman–Crippen MR) is 73.6 cm³/mol. The molecule has 0 aromatic carbocycles. The van der Waals surface area contributed by atoms with Crippen LogP contribution in [0.1, 0.15) is 19.8 Å². The molecule has 0 spiro atoms. The maximum atomic E-state index is 11.9. The average Bonchev–Trinajstić information content (AvgIpc) is 2.25. The fourth-order valence-corrected chi connectivity index (χ4v) is 3.71. The van der Waals surface area contributed by atoms with Crippen LogP contribution in [0, 0.1) is 5.92 Å². The quantitative estimate of drug-likeness (QED) is 0.664. The summed E-state index contributed by atoms with van der Waals surface area (Å²) >= 11 is 4.63. The Morgan fingerprint density at radius 1 is 1.44 bits per heavy atom. The van der Waals surface area contributed by atoms with Gasteiger partial charge in [0.05, 0.1) is 4.99 Å². The van der Waals surface area contributed by atoms with Gasteiger partial charge in [0.2, 0.25) is 15.9 Å². The zero-order valence-corrected chi connectivity index (χ0v) is 12.0. The van der Waals surface area contributed by atoms with Crippen LogP contribution in [0.3, 0.4) is 0 Å². The summed E-state index contributed by atoms with van der Waals surface area (Å²) in [5.41, 5.74) is 5.27. The Hall–Kier alpha value is -0.730. The van der Waals surface area contributed by atoms with Crippen LogP contribution in [0.25, 0.3) is 0 Å². The third-order valence-corrected chi connectivity index (χ3v) is 5.09. The van der Waals surface area contributed by atoms with E-state index in [9.17, 15) is 13.2 Å². The molecular weight excluding hydrogens is 274 g/mol. The number of carbonyl (C=O) groups is 1. The molecule has 0 atom stereocenters. The van der Waals surface area contributed by atoms with E-state index in [0.717, 1.165) is 12.8 Å². The Balaban J connectivity index is 2.44. The highest BCUT2D eigenvalue weighted by molar-refractivity contribution is 7.92. The largest absolute Gasteiger partial charge is 0.392 e. The molecule has 1 aliphatic heterocycles. The van der Waals surface area contributed by atoms with Crippen LogP contribution in [0.15, 0.2) is 0 Å². The molecule has 0 unspecified atom stereocenters. The van der Waals surface area contributed by atoms with Crippen molar-refractivity contribution in [2.45, 2.75) is 19.8 Å². The monoisotopic (exact) mass is 293 g/mol. The molecule has 1 saturated heterocycles. The number of thiocarbonyl (C=S) groups is 1. The number of hydrogen-bond acceptors (Lipinski definition) is 4. The molecule has 104 valence electrons. The number of amides is 1. The third kappa shape index (κ3) is 4.87. The van der Waals surface area contributed by atoms with Gasteiger partial charge in [-0.3, -0.25) is 4.79 Å². The first-order chi connectivity index (χ1) is 8.31. The molecule has 1 heterocycles. The third-order valence-electron chi connectivity index (χ3n) is 2.93. The first kappa shape index (κ1) is 15.3. The zero-order valence-electron chi connectivity index (χ0n) is 10.4. The number of hydrogen-bond donors (Lipinski definition) is 2. The first-order valence-corrected chi connectivity index (χ1v) is 7.83. The molecule has 0 aliphatic carbocycles. The van der Waals surface area contributed by atoms with E-state index < -0.39 is 10.0 Å². The van der Waals surface area contributed by atoms with Crippen LogP contribution in [0.5, 0.6) is 0 Å². The zero-order chi connectivity index (χ0) is 13.8. The fourth-order valence-electron chi connectivity index (χ4n) is 1.95. The van der Waals surface area contributed by atoms with Crippen molar-refractivity contribution in [1.82, 2.24) is 9.62 Å². The smallest absolute Gasteiger partial charge is 0.220 e. The van der Waals surface area contributed by atoms with Gasteiger partial charge in [-0.1, -0.05) is 12.2 Å². The van der Waals surface area contributed by atoms with Crippen LogP contribution < -0.4 is 11.1 Å². The molecule has 3 N–H and O–H groups in total. The standard InChI is InChI=1S/C10H19N3O3S2/c1-8(14)12-6-9-2-4-13(5-3-9)18(15,16)7-10(11)17/h9H,2-7H2,1H3,(H2,11,17)(H,12,14). The Morgan fingerprint density at radius 2 is 2.00 bits per heavy atom. The second kappa shape index (κ2) is 6.44. The molecule has 1 amide bonds. The summed E-state index contributed by atoms with van der Waals surface area (Å²) in [6, 6.07) is 0. The SMILES string of the molecule is CC(=O)NCC1CCN(S(=O)(=O)CC(N)=S)CC1. The lowest BCUT2D eigenvalue weighted by molar-refractivity contribution is -0.119. The molecule has 0 radical (unpaired) electrons. The van der Waals surface area contributed by atoms with E-state index in [2.05, 4.69) is 17.5 Å². The van der Waals surface area contributed by atoms with Gasteiger partial charge in [-0.25, -0.2) is 12.7 Å². The van der Waals surface area contributed by atoms with Crippen molar-refractivity contribution in [2.75, 3.05) is 25.4 Å². The van der Waals surface area contributed by atoms with Crippen molar-refractivity contribution in [3.8, 4) is 0 Å². The molecule has 18 heavy (non-hydrogen) atoms. The van der Waals surface area contributed by atoms with E-state index in [4.69, 9.17) is 5.73 Å². The minimum absolute atomic E-state index is 0.00429. The molecule has 0 saturated carbocycles. The Morgan fingerprint density at radius 3 is 2.44 bits per heavy atom. The van der Waals surface area contributed by atoms with Crippen molar-refractivity contribution in [2.24, 2.45) is 11.7 Å². The van der Waals surface area contributed by atoms with Gasteiger partial charge in [0, 0.05) is 26.6 Å². The maximum absolute atomic E-state index is 11.9. The van der Waals surface area contributed by atoms with Crippen LogP contribution in [-0.2, 0) is 14.8 Å². The predicted octanol–water partition coefficient (Wildman–Crippen LogP) is -0.550. The Bertz CT molecular complexity index is 414. The average molecular weight is 293 g/mol. The van der Waals surface area contributed by atoms with E-state index in [1.54, 1.807) is 0 Å². The van der Waals surface area contributed by atoms with E-state index in [1.807, 2.05) is 0 Å². The van der Waals surface area contributed by atoms with Crippen molar-refractivity contribution in [3.05, 3.63) is 0 Å². The lowest BCUT2D eigenvalue weighted by Gasteiger charge is -2.31. The molecule has 1 rings (SSSR count). The van der Waals surface area contributed by atoms with Crippen LogP contribution in [-0.4, -0.2) is 49.0 Å². The van der Waals surface area contributed by atoms with E-state index >= 15 is 0 Å². The Labute approximate surface area is 113 Å². The molecule has 1 fully saturated rings. The van der Waals surface area contributed by atoms with Gasteiger partial charge in [0.15, 0.2) is 0 Å². The molecule has 8 heteroatoms. The summed E-state index contributed by atoms with van der Waals surface area (Å²) in [5.74, 6) is 0.0160. The fraction of sp³-hybridized carbons (Fsp3) is 0.800. The van der Waals surface area contributed by atoms with Crippen molar-refractivity contribution < 1.29 is 13.2 Å². The summed E-state index contributed by atoms with van der Waals surface area (Å²) in [4.78, 5) is 10.8. The molecule has 0 aromatic rings. The highest BCUT2D eigenvalue weighted by Crippen LogP contribution is 2.19. The summed E-state index contributed by atoms with van der Waals surface area (Å²) in [6.07, 6.45) is 1.49. The number of piperidine rings is 1. The molecule has 0 aromatic heterocycles. The van der Waals surface area contributed by atoms with Crippen LogP contribution >= 0.6 is 12.2 Å². The molecular formula is C10H19N3O3S2. The number of sulfonamides is 1. The van der Waals surface area contributed by atoms with E-state index in [0.29, 0.717) is 25.6 Å². The normalized spacial score (nSPS) is 18.5. The van der Waals surface area contributed by atoms with Crippen molar-refractivity contribution >= 4 is 33.1 Å². The van der Waals surface area contributed by atoms with Gasteiger partial charge in [-0.2, -0.15) is 0 Å². The van der Waals surface area contributed by atoms with Crippen LogP contribution in [0.4, 0.5) is 0 Å². The van der Waals surface area contributed by atoms with Crippen LogP contribution in [0.2, 0.25) is 0 Å². The molecule has 0 bridgehead atoms. The first-order valence-electron chi connectivity index (χ1n) is 5.82. The van der Waals surface area contributed by atoms with Crippen molar-refractivity contribution in [3.63, 3.8) is 0 Å². The number of rotatable bonds is 5. The highest BCUT2D eigenvalue weighted by atomic mass is 32.2. The van der Waals surface area contributed by atoms with Gasteiger partial charge >= 0.3 is 0 Å². The lowest BCUT2D eigenvalue weighted by Crippen LogP contribution is -2.43. The molecule has 6 nitrogen and oxygen atoms in total. The van der Waals surface area contributed by atoms with Gasteiger partial charge in [-0.15, -0.1) is 0 Å². The lowest BCUT2D eigenvalue weighted by atomic mass is 9.98. The van der Waals surface area contributed by atoms with Crippen molar-refractivity contribution in [1.29, 1.82) is 0 Å². The second-order valence-corrected chi connectivity index (χ2v) is 7.00. The summed E-state index contributed by atoms with van der Waals surface area (Å²) in [6.45, 7) is 3.02. The topological polar surface area (TPSA) is 92.5 Å². The van der Waals surface area contributed by atoms with Gasteiger partial charge in [0.1, 0.15) is 5.75 Å².